The molecule has 36 heavy (non-hydrogen) atoms. The lowest BCUT2D eigenvalue weighted by Crippen LogP contribution is -2.29. The third-order valence-electron chi connectivity index (χ3n) is 6.54. The first-order valence-corrected chi connectivity index (χ1v) is 11.6. The Kier molecular flexibility index (Phi) is 6.10. The molecule has 2 atom stereocenters. The Morgan fingerprint density at radius 1 is 1.06 bits per heavy atom. The number of nitrogens with zero attached hydrogens (tertiary/aromatic N) is 2. The van der Waals surface area contributed by atoms with Gasteiger partial charge in [0.05, 0.1) is 25.8 Å². The summed E-state index contributed by atoms with van der Waals surface area (Å²) in [4.78, 5) is 32.1. The lowest BCUT2D eigenvalue weighted by Gasteiger charge is -2.26. The van der Waals surface area contributed by atoms with Gasteiger partial charge in [0.25, 0.3) is 11.7 Å². The number of hydrogen-bond donors (Lipinski definition) is 1. The highest BCUT2D eigenvalue weighted by molar-refractivity contribution is 6.46. The normalized spacial score (nSPS) is 20.2. The molecule has 2 aliphatic rings. The van der Waals surface area contributed by atoms with Crippen molar-refractivity contribution in [3.8, 4) is 17.2 Å². The number of rotatable bonds is 6. The zero-order valence-electron chi connectivity index (χ0n) is 20.2. The topological polar surface area (TPSA) is 98.2 Å². The summed E-state index contributed by atoms with van der Waals surface area (Å²) in [7, 11) is 3.05. The van der Waals surface area contributed by atoms with Gasteiger partial charge in [-0.15, -0.1) is 0 Å². The fraction of sp³-hybridized carbons (Fsp3) is 0.250. The van der Waals surface area contributed by atoms with Crippen LogP contribution in [0.1, 0.15) is 35.2 Å². The number of aliphatic hydroxyl groups excluding tert-OH is 1. The van der Waals surface area contributed by atoms with Crippen LogP contribution in [0.2, 0.25) is 0 Å². The largest absolute Gasteiger partial charge is 0.507 e. The molecule has 184 valence electrons. The summed E-state index contributed by atoms with van der Waals surface area (Å²) in [5.74, 6) is 0.0623. The summed E-state index contributed by atoms with van der Waals surface area (Å²) < 4.78 is 16.6. The van der Waals surface area contributed by atoms with Crippen molar-refractivity contribution in [3.63, 3.8) is 0 Å². The van der Waals surface area contributed by atoms with Gasteiger partial charge in [-0.1, -0.05) is 6.07 Å². The van der Waals surface area contributed by atoms with E-state index < -0.39 is 17.7 Å². The Balaban J connectivity index is 1.65. The predicted octanol–water partition coefficient (Wildman–Crippen LogP) is 4.04. The molecule has 0 bridgehead atoms. The van der Waals surface area contributed by atoms with Gasteiger partial charge in [0.1, 0.15) is 17.6 Å². The number of methoxy groups -OCH3 is 2. The Hall–Kier alpha value is -4.33. The quantitative estimate of drug-likeness (QED) is 0.319. The molecule has 2 aliphatic heterocycles. The molecule has 8 heteroatoms. The number of aromatic nitrogens is 1. The molecule has 1 N–H and O–H groups in total. The Morgan fingerprint density at radius 3 is 2.53 bits per heavy atom. The van der Waals surface area contributed by atoms with Gasteiger partial charge in [0.2, 0.25) is 0 Å². The maximum atomic E-state index is 13.4. The summed E-state index contributed by atoms with van der Waals surface area (Å²) in [6.45, 7) is 2.14. The summed E-state index contributed by atoms with van der Waals surface area (Å²) in [5, 5.41) is 11.4. The van der Waals surface area contributed by atoms with Crippen LogP contribution in [0.4, 0.5) is 0 Å². The van der Waals surface area contributed by atoms with E-state index in [4.69, 9.17) is 14.2 Å². The maximum absolute atomic E-state index is 13.4. The number of fused-ring (bicyclic) bond motifs is 1. The number of likely N-dealkylation sites (tertiary alicyclic amines) is 1. The van der Waals surface area contributed by atoms with Crippen LogP contribution in [0.15, 0.2) is 66.5 Å². The molecule has 1 aromatic heterocycles. The monoisotopic (exact) mass is 486 g/mol. The summed E-state index contributed by atoms with van der Waals surface area (Å²) in [5.41, 5.74) is 2.84. The van der Waals surface area contributed by atoms with Gasteiger partial charge in [0, 0.05) is 30.9 Å². The number of aliphatic hydroxyl groups is 1. The first-order chi connectivity index (χ1) is 17.4. The van der Waals surface area contributed by atoms with Gasteiger partial charge in [-0.25, -0.2) is 0 Å². The first-order valence-electron chi connectivity index (χ1n) is 11.6. The van der Waals surface area contributed by atoms with Gasteiger partial charge in [-0.3, -0.25) is 14.6 Å². The number of ketones is 1. The van der Waals surface area contributed by atoms with Crippen molar-refractivity contribution in [3.05, 3.63) is 88.8 Å². The van der Waals surface area contributed by atoms with E-state index in [-0.39, 0.29) is 24.0 Å². The fourth-order valence-electron chi connectivity index (χ4n) is 4.82. The number of ether oxygens (including phenoxy) is 3. The third kappa shape index (κ3) is 4.04. The average molecular weight is 487 g/mol. The van der Waals surface area contributed by atoms with Crippen molar-refractivity contribution >= 4 is 17.4 Å². The second-order valence-electron chi connectivity index (χ2n) is 8.85. The van der Waals surface area contributed by atoms with E-state index in [9.17, 15) is 14.7 Å². The van der Waals surface area contributed by atoms with Crippen LogP contribution in [-0.4, -0.2) is 47.0 Å². The van der Waals surface area contributed by atoms with Crippen molar-refractivity contribution in [1.29, 1.82) is 0 Å². The molecule has 0 saturated carbocycles. The number of Topliss-reactive ketones (excluding diaryl/α,β-unsaturated/α-hetero) is 1. The lowest BCUT2D eigenvalue weighted by atomic mass is 9.94. The van der Waals surface area contributed by atoms with Crippen LogP contribution in [0.3, 0.4) is 0 Å². The molecule has 2 unspecified atom stereocenters. The molecule has 8 nitrogen and oxygen atoms in total. The van der Waals surface area contributed by atoms with Crippen molar-refractivity contribution in [2.45, 2.75) is 32.0 Å². The number of benzene rings is 2. The van der Waals surface area contributed by atoms with E-state index >= 15 is 0 Å². The van der Waals surface area contributed by atoms with Crippen LogP contribution in [-0.2, 0) is 22.6 Å². The van der Waals surface area contributed by atoms with Gasteiger partial charge in [-0.05, 0) is 66.1 Å². The number of pyridine rings is 1. The highest BCUT2D eigenvalue weighted by Crippen LogP contribution is 2.43. The molecule has 5 rings (SSSR count). The number of carbonyl (C=O) groups is 2. The molecule has 3 heterocycles. The molecule has 3 aromatic rings. The molecule has 0 radical (unpaired) electrons. The molecular formula is C28H26N2O6. The SMILES string of the molecule is COc1ccc(C2C(=C(O)c3ccc4c(c3)CC(C)O4)C(=O)C(=O)N2Cc2ccncc2)cc1OC. The summed E-state index contributed by atoms with van der Waals surface area (Å²) >= 11 is 0. The number of amides is 1. The maximum Gasteiger partial charge on any atom is 0.295 e. The number of hydrogen-bond acceptors (Lipinski definition) is 7. The minimum absolute atomic E-state index is 0.0215. The predicted molar refractivity (Wildman–Crippen MR) is 132 cm³/mol. The first kappa shape index (κ1) is 23.4. The van der Waals surface area contributed by atoms with Crippen molar-refractivity contribution < 1.29 is 28.9 Å². The highest BCUT2D eigenvalue weighted by atomic mass is 16.5. The van der Waals surface area contributed by atoms with Gasteiger partial charge < -0.3 is 24.2 Å². The van der Waals surface area contributed by atoms with Gasteiger partial charge in [0.15, 0.2) is 11.5 Å². The molecule has 1 saturated heterocycles. The number of carbonyl (C=O) groups excluding carboxylic acids is 2. The van der Waals surface area contributed by atoms with Crippen LogP contribution >= 0.6 is 0 Å². The average Bonchev–Trinajstić information content (AvgIpc) is 3.39. The minimum Gasteiger partial charge on any atom is -0.507 e. The van der Waals surface area contributed by atoms with Crippen LogP contribution in [0, 0.1) is 0 Å². The molecule has 1 fully saturated rings. The minimum atomic E-state index is -0.832. The smallest absolute Gasteiger partial charge is 0.295 e. The second kappa shape index (κ2) is 9.37. The fourth-order valence-corrected chi connectivity index (χ4v) is 4.82. The second-order valence-corrected chi connectivity index (χ2v) is 8.85. The molecule has 0 spiro atoms. The zero-order chi connectivity index (χ0) is 25.4. The zero-order valence-corrected chi connectivity index (χ0v) is 20.2. The van der Waals surface area contributed by atoms with Crippen LogP contribution in [0.25, 0.3) is 5.76 Å². The van der Waals surface area contributed by atoms with Gasteiger partial charge in [-0.2, -0.15) is 0 Å². The van der Waals surface area contributed by atoms with E-state index in [0.717, 1.165) is 16.9 Å². The van der Waals surface area contributed by atoms with Crippen LogP contribution < -0.4 is 14.2 Å². The Bertz CT molecular complexity index is 1370. The lowest BCUT2D eigenvalue weighted by molar-refractivity contribution is -0.140. The summed E-state index contributed by atoms with van der Waals surface area (Å²) in [6, 6.07) is 13.2. The highest BCUT2D eigenvalue weighted by Gasteiger charge is 2.46. The van der Waals surface area contributed by atoms with E-state index in [0.29, 0.717) is 29.0 Å². The standard InChI is InChI=1S/C28H26N2O6/c1-16-12-20-13-19(5-6-21(20)36-16)26(31)24-25(18-4-7-22(34-2)23(14-18)35-3)30(28(33)27(24)32)15-17-8-10-29-11-9-17/h4-11,13-14,16,25,31H,12,15H2,1-3H3. The van der Waals surface area contributed by atoms with Gasteiger partial charge >= 0.3 is 0 Å². The Morgan fingerprint density at radius 2 is 1.81 bits per heavy atom. The van der Waals surface area contributed by atoms with E-state index in [1.165, 1.54) is 19.1 Å². The Labute approximate surface area is 208 Å². The van der Waals surface area contributed by atoms with Crippen molar-refractivity contribution in [2.24, 2.45) is 0 Å². The van der Waals surface area contributed by atoms with Crippen molar-refractivity contribution in [2.75, 3.05) is 14.2 Å². The summed E-state index contributed by atoms with van der Waals surface area (Å²) in [6.07, 6.45) is 4.00. The van der Waals surface area contributed by atoms with Crippen LogP contribution in [0.5, 0.6) is 17.2 Å². The molecule has 2 aromatic carbocycles. The molecule has 1 amide bonds. The van der Waals surface area contributed by atoms with E-state index in [1.807, 2.05) is 13.0 Å². The van der Waals surface area contributed by atoms with Crippen molar-refractivity contribution in [1.82, 2.24) is 9.88 Å². The molecular weight excluding hydrogens is 460 g/mol. The third-order valence-corrected chi connectivity index (χ3v) is 6.54. The molecule has 0 aliphatic carbocycles. The van der Waals surface area contributed by atoms with E-state index in [2.05, 4.69) is 4.98 Å². The van der Waals surface area contributed by atoms with E-state index in [1.54, 1.807) is 54.9 Å².